The Balaban J connectivity index is 1.75. The number of amides is 2. The van der Waals surface area contributed by atoms with Gasteiger partial charge in [0, 0.05) is 17.7 Å². The minimum absolute atomic E-state index is 0.0144. The summed E-state index contributed by atoms with van der Waals surface area (Å²) in [5.74, 6) is 1.15. The smallest absolute Gasteiger partial charge is 0.265 e. The van der Waals surface area contributed by atoms with Gasteiger partial charge in [-0.15, -0.1) is 0 Å². The number of carbonyl (C=O) groups is 2. The number of ether oxygens (including phenoxy) is 1. The number of aromatic nitrogens is 1. The van der Waals surface area contributed by atoms with Crippen LogP contribution in [-0.2, 0) is 16.1 Å². The van der Waals surface area contributed by atoms with E-state index in [0.717, 1.165) is 36.9 Å². The minimum atomic E-state index is -0.143. The quantitative estimate of drug-likeness (QED) is 0.691. The number of benzene rings is 1. The van der Waals surface area contributed by atoms with Crippen molar-refractivity contribution in [2.24, 2.45) is 0 Å². The van der Waals surface area contributed by atoms with E-state index in [1.54, 1.807) is 23.1 Å². The molecule has 1 aliphatic rings. The Hall–Kier alpha value is -2.83. The van der Waals surface area contributed by atoms with E-state index in [2.05, 4.69) is 17.4 Å². The summed E-state index contributed by atoms with van der Waals surface area (Å²) in [6, 6.07) is 5.37. The number of nitrogens with zero attached hydrogens (tertiary/aromatic N) is 2. The fourth-order valence-electron chi connectivity index (χ4n) is 3.27. The van der Waals surface area contributed by atoms with Crippen LogP contribution in [0.15, 0.2) is 22.7 Å². The summed E-state index contributed by atoms with van der Waals surface area (Å²) in [4.78, 5) is 26.4. The van der Waals surface area contributed by atoms with Crippen LogP contribution in [0.1, 0.15) is 56.0 Å². The van der Waals surface area contributed by atoms with Crippen molar-refractivity contribution in [3.05, 3.63) is 35.2 Å². The lowest BCUT2D eigenvalue weighted by Crippen LogP contribution is -2.38. The van der Waals surface area contributed by atoms with Crippen LogP contribution in [0.2, 0.25) is 0 Å². The number of hydrogen-bond acceptors (Lipinski definition) is 5. The molecular weight excluding hydrogens is 358 g/mol. The Morgan fingerprint density at radius 2 is 2.07 bits per heavy atom. The molecule has 0 saturated heterocycles. The van der Waals surface area contributed by atoms with Crippen LogP contribution in [0, 0.1) is 13.8 Å². The maximum Gasteiger partial charge on any atom is 0.265 e. The van der Waals surface area contributed by atoms with E-state index in [-0.39, 0.29) is 18.4 Å². The molecule has 2 amide bonds. The number of fused-ring (bicyclic) bond motifs is 1. The Morgan fingerprint density at radius 3 is 2.79 bits per heavy atom. The molecule has 1 N–H and O–H groups in total. The predicted molar refractivity (Wildman–Crippen MR) is 106 cm³/mol. The molecule has 0 unspecified atom stereocenters. The van der Waals surface area contributed by atoms with E-state index in [1.807, 2.05) is 13.8 Å². The van der Waals surface area contributed by atoms with Gasteiger partial charge in [0.15, 0.2) is 6.61 Å². The predicted octanol–water partition coefficient (Wildman–Crippen LogP) is 4.13. The summed E-state index contributed by atoms with van der Waals surface area (Å²) >= 11 is 0. The first-order valence-electron chi connectivity index (χ1n) is 9.78. The van der Waals surface area contributed by atoms with E-state index in [4.69, 9.17) is 9.26 Å². The topological polar surface area (TPSA) is 84.7 Å². The van der Waals surface area contributed by atoms with Crippen molar-refractivity contribution in [1.82, 2.24) is 5.16 Å². The van der Waals surface area contributed by atoms with Crippen LogP contribution in [0.25, 0.3) is 0 Å². The molecule has 0 saturated carbocycles. The van der Waals surface area contributed by atoms with Gasteiger partial charge in [-0.3, -0.25) is 9.59 Å². The van der Waals surface area contributed by atoms with E-state index in [0.29, 0.717) is 35.9 Å². The maximum atomic E-state index is 12.5. The van der Waals surface area contributed by atoms with Gasteiger partial charge in [-0.25, -0.2) is 0 Å². The molecule has 0 aliphatic carbocycles. The summed E-state index contributed by atoms with van der Waals surface area (Å²) in [5, 5.41) is 6.88. The van der Waals surface area contributed by atoms with Crippen molar-refractivity contribution in [2.45, 2.75) is 59.4 Å². The van der Waals surface area contributed by atoms with Gasteiger partial charge in [0.05, 0.1) is 17.9 Å². The first-order valence-corrected chi connectivity index (χ1v) is 9.78. The molecule has 7 heteroatoms. The van der Waals surface area contributed by atoms with Gasteiger partial charge >= 0.3 is 0 Å². The largest absolute Gasteiger partial charge is 0.482 e. The van der Waals surface area contributed by atoms with Crippen LogP contribution in [0.4, 0.5) is 11.4 Å². The molecule has 150 valence electrons. The third-order valence-corrected chi connectivity index (χ3v) is 4.94. The second-order valence-electron chi connectivity index (χ2n) is 7.11. The SMILES string of the molecule is CCCCCCC(=O)Nc1ccc2c(c1)N(Cc1c(C)noc1C)C(=O)CO2. The lowest BCUT2D eigenvalue weighted by Gasteiger charge is -2.29. The van der Waals surface area contributed by atoms with E-state index in [9.17, 15) is 9.59 Å². The van der Waals surface area contributed by atoms with Gasteiger partial charge in [0.2, 0.25) is 5.91 Å². The number of carbonyl (C=O) groups excluding carboxylic acids is 2. The van der Waals surface area contributed by atoms with Gasteiger partial charge in [0.25, 0.3) is 5.91 Å². The van der Waals surface area contributed by atoms with Crippen molar-refractivity contribution in [1.29, 1.82) is 0 Å². The first kappa shape index (κ1) is 19.9. The van der Waals surface area contributed by atoms with Gasteiger partial charge < -0.3 is 19.5 Å². The Kier molecular flexibility index (Phi) is 6.34. The van der Waals surface area contributed by atoms with Gasteiger partial charge in [-0.1, -0.05) is 31.3 Å². The van der Waals surface area contributed by atoms with E-state index >= 15 is 0 Å². The molecule has 0 atom stereocenters. The summed E-state index contributed by atoms with van der Waals surface area (Å²) in [5.41, 5.74) is 2.93. The minimum Gasteiger partial charge on any atom is -0.482 e. The summed E-state index contributed by atoms with van der Waals surface area (Å²) in [6.45, 7) is 6.17. The highest BCUT2D eigenvalue weighted by atomic mass is 16.5. The molecule has 1 aromatic heterocycles. The second-order valence-corrected chi connectivity index (χ2v) is 7.11. The summed E-state index contributed by atoms with van der Waals surface area (Å²) < 4.78 is 10.8. The molecule has 7 nitrogen and oxygen atoms in total. The zero-order chi connectivity index (χ0) is 20.1. The van der Waals surface area contributed by atoms with Crippen molar-refractivity contribution in [3.63, 3.8) is 0 Å². The fraction of sp³-hybridized carbons (Fsp3) is 0.476. The van der Waals surface area contributed by atoms with Crippen molar-refractivity contribution in [3.8, 4) is 5.75 Å². The van der Waals surface area contributed by atoms with Crippen LogP contribution in [-0.4, -0.2) is 23.6 Å². The number of aryl methyl sites for hydroxylation is 2. The zero-order valence-electron chi connectivity index (χ0n) is 16.7. The molecule has 28 heavy (non-hydrogen) atoms. The molecule has 0 bridgehead atoms. The second kappa shape index (κ2) is 8.91. The highest BCUT2D eigenvalue weighted by Gasteiger charge is 2.28. The van der Waals surface area contributed by atoms with Gasteiger partial charge in [-0.05, 0) is 38.5 Å². The average Bonchev–Trinajstić information content (AvgIpc) is 2.99. The molecule has 1 aromatic carbocycles. The summed E-state index contributed by atoms with van der Waals surface area (Å²) in [7, 11) is 0. The molecular formula is C21H27N3O4. The van der Waals surface area contributed by atoms with Crippen molar-refractivity contribution >= 4 is 23.2 Å². The molecule has 2 aromatic rings. The Morgan fingerprint density at radius 1 is 1.25 bits per heavy atom. The molecule has 0 spiro atoms. The lowest BCUT2D eigenvalue weighted by atomic mass is 10.1. The highest BCUT2D eigenvalue weighted by molar-refractivity contribution is 5.99. The van der Waals surface area contributed by atoms with E-state index in [1.165, 1.54) is 0 Å². The van der Waals surface area contributed by atoms with E-state index < -0.39 is 0 Å². The summed E-state index contributed by atoms with van der Waals surface area (Å²) in [6.07, 6.45) is 4.71. The molecule has 0 radical (unpaired) electrons. The number of unbranched alkanes of at least 4 members (excludes halogenated alkanes) is 3. The third kappa shape index (κ3) is 4.52. The molecule has 2 heterocycles. The van der Waals surface area contributed by atoms with Crippen LogP contribution in [0.3, 0.4) is 0 Å². The molecule has 0 fully saturated rings. The van der Waals surface area contributed by atoms with Crippen molar-refractivity contribution < 1.29 is 18.8 Å². The molecule has 1 aliphatic heterocycles. The Labute approximate surface area is 165 Å². The highest BCUT2D eigenvalue weighted by Crippen LogP contribution is 2.36. The van der Waals surface area contributed by atoms with Crippen LogP contribution in [0.5, 0.6) is 5.75 Å². The standard InChI is InChI=1S/C21H27N3O4/c1-4-5-6-7-8-20(25)22-16-9-10-19-18(11-16)24(21(26)13-27-19)12-17-14(2)23-28-15(17)3/h9-11H,4-8,12-13H2,1-3H3,(H,22,25). The number of hydrogen-bond donors (Lipinski definition) is 1. The van der Waals surface area contributed by atoms with Crippen LogP contribution >= 0.6 is 0 Å². The monoisotopic (exact) mass is 385 g/mol. The normalized spacial score (nSPS) is 13.2. The Bertz CT molecular complexity index is 840. The van der Waals surface area contributed by atoms with Gasteiger partial charge in [0.1, 0.15) is 11.5 Å². The molecule has 3 rings (SSSR count). The number of anilines is 2. The first-order chi connectivity index (χ1) is 13.5. The fourth-order valence-corrected chi connectivity index (χ4v) is 3.27. The average molecular weight is 385 g/mol. The zero-order valence-corrected chi connectivity index (χ0v) is 16.7. The lowest BCUT2D eigenvalue weighted by molar-refractivity contribution is -0.121. The van der Waals surface area contributed by atoms with Crippen LogP contribution < -0.4 is 15.0 Å². The van der Waals surface area contributed by atoms with Gasteiger partial charge in [-0.2, -0.15) is 0 Å². The third-order valence-electron chi connectivity index (χ3n) is 4.94. The maximum absolute atomic E-state index is 12.5. The van der Waals surface area contributed by atoms with Crippen molar-refractivity contribution in [2.75, 3.05) is 16.8 Å². The number of rotatable bonds is 8. The number of nitrogens with one attached hydrogen (secondary N) is 1.